The third kappa shape index (κ3) is 8.04. The van der Waals surface area contributed by atoms with Crippen molar-refractivity contribution in [1.29, 1.82) is 0 Å². The molecular weight excluding hydrogens is 593 g/mol. The number of benzene rings is 2. The van der Waals surface area contributed by atoms with Crippen LogP contribution in [0, 0.1) is 0 Å². The highest BCUT2D eigenvalue weighted by molar-refractivity contribution is 7.52. The van der Waals surface area contributed by atoms with Gasteiger partial charge >= 0.3 is 13.7 Å². The number of ether oxygens (including phenoxy) is 2. The number of rotatable bonds is 15. The number of nitrogen functional groups attached to an aromatic ring is 1. The van der Waals surface area contributed by atoms with Crippen LogP contribution >= 0.6 is 19.3 Å². The number of carbonyl (C=O) groups is 1. The molecule has 0 radical (unpaired) electrons. The van der Waals surface area contributed by atoms with Gasteiger partial charge in [-0.1, -0.05) is 43.6 Å². The number of hydrogen-bond donors (Lipinski definition) is 2. The Bertz CT molecular complexity index is 1590. The molecule has 43 heavy (non-hydrogen) atoms. The van der Waals surface area contributed by atoms with Crippen molar-refractivity contribution in [3.63, 3.8) is 0 Å². The van der Waals surface area contributed by atoms with Crippen molar-refractivity contribution in [2.75, 3.05) is 12.3 Å². The van der Waals surface area contributed by atoms with E-state index in [0.29, 0.717) is 47.1 Å². The fraction of sp³-hybridized carbons (Fsp3) is 0.433. The molecule has 4 rings (SSSR count). The highest BCUT2D eigenvalue weighted by Gasteiger charge is 2.35. The van der Waals surface area contributed by atoms with Crippen LogP contribution in [-0.2, 0) is 36.5 Å². The van der Waals surface area contributed by atoms with Crippen LogP contribution in [0.15, 0.2) is 48.5 Å². The molecule has 0 bridgehead atoms. The number of nitrogens with zero attached hydrogens (tertiary/aromatic N) is 3. The maximum Gasteiger partial charge on any atom is 0.459 e. The molecule has 0 spiro atoms. The third-order valence-electron chi connectivity index (χ3n) is 6.82. The van der Waals surface area contributed by atoms with Crippen LogP contribution in [0.4, 0.5) is 5.82 Å². The second-order valence-corrected chi connectivity index (χ2v) is 12.3. The van der Waals surface area contributed by atoms with Gasteiger partial charge in [0, 0.05) is 17.0 Å². The van der Waals surface area contributed by atoms with E-state index < -0.39 is 25.9 Å². The summed E-state index contributed by atoms with van der Waals surface area (Å²) in [6, 6.07) is 13.0. The second-order valence-electron chi connectivity index (χ2n) is 10.2. The van der Waals surface area contributed by atoms with Crippen molar-refractivity contribution >= 4 is 53.1 Å². The van der Waals surface area contributed by atoms with Crippen LogP contribution in [0.2, 0.25) is 5.02 Å². The molecule has 0 aliphatic heterocycles. The van der Waals surface area contributed by atoms with Gasteiger partial charge in [0.05, 0.1) is 23.7 Å². The first-order valence-electron chi connectivity index (χ1n) is 14.4. The van der Waals surface area contributed by atoms with Crippen LogP contribution in [0.5, 0.6) is 5.75 Å². The van der Waals surface area contributed by atoms with Gasteiger partial charge in [0.1, 0.15) is 35.8 Å². The minimum absolute atomic E-state index is 0.217. The summed E-state index contributed by atoms with van der Waals surface area (Å²) in [5.41, 5.74) is 8.33. The Hall–Kier alpha value is -3.21. The molecule has 0 amide bonds. The highest BCUT2D eigenvalue weighted by Crippen LogP contribution is 2.46. The standard InChI is InChI=1S/C30H39ClN5O6P/c1-6-22(7-2)40-30(37)20(5)35-43(38,42-23-15-13-21(31)14-16-23)41-19(4)17-36-26(18-39-8-3)34-27-28(36)24-11-9-10-12-25(24)33-29(27)32/h9-16,19-20,22H,6-8,17-18H2,1-5H3,(H2,32,33)(H,35,38)/t19-,20-,43-/m0/s1. The average molecular weight is 632 g/mol. The Morgan fingerprint density at radius 3 is 2.44 bits per heavy atom. The number of pyridine rings is 1. The van der Waals surface area contributed by atoms with Crippen molar-refractivity contribution < 1.29 is 27.9 Å². The smallest absolute Gasteiger partial charge is 0.459 e. The molecule has 11 nitrogen and oxygen atoms in total. The van der Waals surface area contributed by atoms with Crippen molar-refractivity contribution in [3.8, 4) is 5.75 Å². The molecule has 0 aliphatic carbocycles. The number of fused-ring (bicyclic) bond motifs is 3. The molecule has 2 aromatic heterocycles. The summed E-state index contributed by atoms with van der Waals surface area (Å²) in [6.45, 7) is 10.0. The van der Waals surface area contributed by atoms with Gasteiger partial charge in [-0.15, -0.1) is 0 Å². The lowest BCUT2D eigenvalue weighted by molar-refractivity contribution is -0.151. The van der Waals surface area contributed by atoms with E-state index in [4.69, 9.17) is 40.8 Å². The highest BCUT2D eigenvalue weighted by atomic mass is 35.5. The number of nitrogens with two attached hydrogens (primary N) is 1. The molecule has 0 fully saturated rings. The summed E-state index contributed by atoms with van der Waals surface area (Å²) in [7, 11) is -4.15. The normalized spacial score (nSPS) is 14.6. The van der Waals surface area contributed by atoms with E-state index in [1.54, 1.807) is 38.1 Å². The third-order valence-corrected chi connectivity index (χ3v) is 8.87. The van der Waals surface area contributed by atoms with E-state index in [2.05, 4.69) is 10.1 Å². The Morgan fingerprint density at radius 1 is 1.07 bits per heavy atom. The first kappa shape index (κ1) is 32.7. The SMILES string of the molecule is CCOCc1nc2c(N)nc3ccccc3c2n1C[C@H](C)O[P@@](=O)(N[C@@H](C)C(=O)OC(CC)CC)Oc1ccc(Cl)cc1. The maximum absolute atomic E-state index is 14.3. The lowest BCUT2D eigenvalue weighted by Crippen LogP contribution is -2.37. The Morgan fingerprint density at radius 2 is 1.77 bits per heavy atom. The first-order chi connectivity index (χ1) is 20.6. The van der Waals surface area contributed by atoms with E-state index in [-0.39, 0.29) is 25.0 Å². The molecule has 232 valence electrons. The van der Waals surface area contributed by atoms with Crippen LogP contribution in [0.25, 0.3) is 21.9 Å². The van der Waals surface area contributed by atoms with Gasteiger partial charge in [0.15, 0.2) is 5.82 Å². The topological polar surface area (TPSA) is 140 Å². The molecule has 0 aliphatic rings. The number of halogens is 1. The monoisotopic (exact) mass is 631 g/mol. The van der Waals surface area contributed by atoms with Crippen LogP contribution in [0.3, 0.4) is 0 Å². The van der Waals surface area contributed by atoms with Gasteiger partial charge in [-0.25, -0.2) is 14.5 Å². The second kappa shape index (κ2) is 14.5. The van der Waals surface area contributed by atoms with Gasteiger partial charge < -0.3 is 24.3 Å². The number of esters is 1. The quantitative estimate of drug-likeness (QED) is 0.108. The molecule has 3 atom stereocenters. The number of anilines is 1. The number of carbonyl (C=O) groups excluding carboxylic acids is 1. The fourth-order valence-corrected chi connectivity index (χ4v) is 6.46. The summed E-state index contributed by atoms with van der Waals surface area (Å²) in [6.07, 6.45) is 0.389. The molecule has 0 unspecified atom stereocenters. The predicted octanol–water partition coefficient (Wildman–Crippen LogP) is 6.66. The lowest BCUT2D eigenvalue weighted by Gasteiger charge is -2.27. The first-order valence-corrected chi connectivity index (χ1v) is 16.3. The van der Waals surface area contributed by atoms with Gasteiger partial charge in [-0.05, 0) is 63.9 Å². The summed E-state index contributed by atoms with van der Waals surface area (Å²) in [5.74, 6) is 0.601. The molecule has 2 aromatic carbocycles. The molecule has 3 N–H and O–H groups in total. The van der Waals surface area contributed by atoms with Crippen molar-refractivity contribution in [1.82, 2.24) is 19.6 Å². The molecule has 4 aromatic rings. The van der Waals surface area contributed by atoms with E-state index in [9.17, 15) is 9.36 Å². The zero-order valence-corrected chi connectivity index (χ0v) is 26.7. The fourth-order valence-electron chi connectivity index (χ4n) is 4.66. The Labute approximate surface area is 256 Å². The maximum atomic E-state index is 14.3. The zero-order chi connectivity index (χ0) is 31.1. The molecule has 2 heterocycles. The van der Waals surface area contributed by atoms with Gasteiger partial charge in [-0.2, -0.15) is 5.09 Å². The zero-order valence-electron chi connectivity index (χ0n) is 25.1. The Kier molecular flexibility index (Phi) is 11.0. The van der Waals surface area contributed by atoms with E-state index in [1.165, 1.54) is 0 Å². The van der Waals surface area contributed by atoms with Crippen LogP contribution in [-0.4, -0.2) is 45.4 Å². The van der Waals surface area contributed by atoms with Gasteiger partial charge in [0.2, 0.25) is 0 Å². The van der Waals surface area contributed by atoms with Crippen molar-refractivity contribution in [3.05, 3.63) is 59.4 Å². The van der Waals surface area contributed by atoms with Crippen molar-refractivity contribution in [2.45, 2.75) is 78.9 Å². The van der Waals surface area contributed by atoms with Crippen LogP contribution < -0.4 is 15.3 Å². The molecule has 13 heteroatoms. The molecular formula is C30H39ClN5O6P. The predicted molar refractivity (Wildman–Crippen MR) is 168 cm³/mol. The number of nitrogens with one attached hydrogen (secondary N) is 1. The summed E-state index contributed by atoms with van der Waals surface area (Å²) >= 11 is 6.03. The van der Waals surface area contributed by atoms with Gasteiger partial charge in [0.25, 0.3) is 0 Å². The lowest BCUT2D eigenvalue weighted by atomic mass is 10.2. The van der Waals surface area contributed by atoms with E-state index >= 15 is 0 Å². The minimum Gasteiger partial charge on any atom is -0.461 e. The number of imidazole rings is 1. The van der Waals surface area contributed by atoms with Crippen molar-refractivity contribution in [2.24, 2.45) is 0 Å². The summed E-state index contributed by atoms with van der Waals surface area (Å²) in [4.78, 5) is 22.1. The average Bonchev–Trinajstić information content (AvgIpc) is 3.34. The number of hydrogen-bond acceptors (Lipinski definition) is 9. The van der Waals surface area contributed by atoms with E-state index in [0.717, 1.165) is 10.9 Å². The largest absolute Gasteiger partial charge is 0.461 e. The number of para-hydroxylation sites is 1. The van der Waals surface area contributed by atoms with Crippen LogP contribution in [0.1, 0.15) is 53.3 Å². The number of aromatic nitrogens is 3. The Balaban J connectivity index is 1.67. The van der Waals surface area contributed by atoms with E-state index in [1.807, 2.05) is 49.6 Å². The summed E-state index contributed by atoms with van der Waals surface area (Å²) < 4.78 is 39.5. The summed E-state index contributed by atoms with van der Waals surface area (Å²) in [5, 5.41) is 4.11. The molecule has 0 saturated heterocycles. The van der Waals surface area contributed by atoms with Gasteiger partial charge in [-0.3, -0.25) is 9.32 Å². The minimum atomic E-state index is -4.15. The molecule has 0 saturated carbocycles.